The number of aromatic nitrogens is 3. The molecular formula is C22H34N8O2. The molecule has 174 valence electrons. The maximum atomic E-state index is 12.4. The summed E-state index contributed by atoms with van der Waals surface area (Å²) in [5.74, 6) is 0.645. The zero-order valence-corrected chi connectivity index (χ0v) is 18.5. The molecule has 1 fully saturated rings. The summed E-state index contributed by atoms with van der Waals surface area (Å²) in [6.45, 7) is 4.84. The second-order valence-electron chi connectivity index (χ2n) is 8.13. The Hall–Kier alpha value is -2.82. The second-order valence-corrected chi connectivity index (χ2v) is 8.13. The number of aryl methyl sites for hydroxylation is 1. The van der Waals surface area contributed by atoms with Crippen molar-refractivity contribution < 1.29 is 4.79 Å². The highest BCUT2D eigenvalue weighted by Gasteiger charge is 2.15. The van der Waals surface area contributed by atoms with Gasteiger partial charge in [-0.05, 0) is 76.5 Å². The van der Waals surface area contributed by atoms with Crippen molar-refractivity contribution in [3.05, 3.63) is 46.6 Å². The predicted molar refractivity (Wildman–Crippen MR) is 125 cm³/mol. The molecule has 1 saturated heterocycles. The normalized spacial score (nSPS) is 14.9. The molecule has 10 heteroatoms. The van der Waals surface area contributed by atoms with Gasteiger partial charge in [-0.1, -0.05) is 0 Å². The molecule has 0 saturated carbocycles. The summed E-state index contributed by atoms with van der Waals surface area (Å²) < 4.78 is 1.62. The summed E-state index contributed by atoms with van der Waals surface area (Å²) in [5.41, 5.74) is 11.6. The number of anilines is 2. The maximum absolute atomic E-state index is 12.4. The maximum Gasteiger partial charge on any atom is 0.349 e. The topological polar surface area (TPSA) is 144 Å². The lowest BCUT2D eigenvalue weighted by Gasteiger charge is -2.29. The zero-order chi connectivity index (χ0) is 22.8. The molecule has 0 atom stereocenters. The fourth-order valence-electron chi connectivity index (χ4n) is 3.64. The van der Waals surface area contributed by atoms with Crippen LogP contribution in [0.5, 0.6) is 0 Å². The van der Waals surface area contributed by atoms with Crippen LogP contribution in [0, 0.1) is 0 Å². The van der Waals surface area contributed by atoms with Gasteiger partial charge in [0.05, 0.1) is 0 Å². The highest BCUT2D eigenvalue weighted by Crippen LogP contribution is 2.13. The quantitative estimate of drug-likeness (QED) is 0.372. The van der Waals surface area contributed by atoms with Crippen LogP contribution in [0.4, 0.5) is 11.6 Å². The van der Waals surface area contributed by atoms with E-state index in [1.807, 2.05) is 0 Å². The lowest BCUT2D eigenvalue weighted by atomic mass is 10.1. The summed E-state index contributed by atoms with van der Waals surface area (Å²) in [4.78, 5) is 35.3. The molecule has 10 nitrogen and oxygen atoms in total. The van der Waals surface area contributed by atoms with Crippen molar-refractivity contribution in [3.8, 4) is 0 Å². The van der Waals surface area contributed by atoms with Crippen LogP contribution in [0.15, 0.2) is 35.4 Å². The Kier molecular flexibility index (Phi) is 9.14. The van der Waals surface area contributed by atoms with Gasteiger partial charge in [-0.25, -0.2) is 9.78 Å². The molecule has 6 N–H and O–H groups in total. The van der Waals surface area contributed by atoms with Crippen LogP contribution >= 0.6 is 0 Å². The fourth-order valence-corrected chi connectivity index (χ4v) is 3.64. The molecule has 0 unspecified atom stereocenters. The van der Waals surface area contributed by atoms with Crippen LogP contribution in [0.25, 0.3) is 0 Å². The van der Waals surface area contributed by atoms with E-state index in [1.54, 1.807) is 29.0 Å². The second kappa shape index (κ2) is 12.3. The van der Waals surface area contributed by atoms with Crippen molar-refractivity contribution in [2.24, 2.45) is 11.5 Å². The molecule has 0 spiro atoms. The number of carbonyl (C=O) groups is 1. The number of nitrogens with two attached hydrogens (primary N) is 2. The molecule has 0 aliphatic carbocycles. The van der Waals surface area contributed by atoms with Crippen molar-refractivity contribution in [3.63, 3.8) is 0 Å². The molecule has 32 heavy (non-hydrogen) atoms. The van der Waals surface area contributed by atoms with Gasteiger partial charge in [-0.2, -0.15) is 4.98 Å². The van der Waals surface area contributed by atoms with Crippen LogP contribution in [0.1, 0.15) is 42.5 Å². The van der Waals surface area contributed by atoms with Gasteiger partial charge in [0.25, 0.3) is 5.91 Å². The number of amides is 1. The van der Waals surface area contributed by atoms with Crippen molar-refractivity contribution in [1.82, 2.24) is 24.8 Å². The highest BCUT2D eigenvalue weighted by atomic mass is 16.2. The summed E-state index contributed by atoms with van der Waals surface area (Å²) in [7, 11) is 0. The lowest BCUT2D eigenvalue weighted by Crippen LogP contribution is -2.40. The molecule has 3 rings (SSSR count). The van der Waals surface area contributed by atoms with Crippen molar-refractivity contribution in [1.29, 1.82) is 0 Å². The van der Waals surface area contributed by atoms with Gasteiger partial charge < -0.3 is 27.0 Å². The Balaban J connectivity index is 1.48. The van der Waals surface area contributed by atoms with E-state index in [-0.39, 0.29) is 11.6 Å². The van der Waals surface area contributed by atoms with E-state index >= 15 is 0 Å². The summed E-state index contributed by atoms with van der Waals surface area (Å²) in [6.07, 6.45) is 8.07. The molecule has 1 aliphatic heterocycles. The molecule has 2 aromatic rings. The average Bonchev–Trinajstić information content (AvgIpc) is 2.79. The number of hydrogen-bond acceptors (Lipinski definition) is 8. The van der Waals surface area contributed by atoms with Gasteiger partial charge in [0.1, 0.15) is 11.6 Å². The first-order chi connectivity index (χ1) is 15.5. The van der Waals surface area contributed by atoms with Gasteiger partial charge in [0.15, 0.2) is 0 Å². The number of nitrogens with one attached hydrogen (secondary N) is 2. The molecular weight excluding hydrogens is 408 g/mol. The van der Waals surface area contributed by atoms with Gasteiger partial charge in [-0.3, -0.25) is 9.36 Å². The Morgan fingerprint density at radius 1 is 1.12 bits per heavy atom. The molecule has 0 radical (unpaired) electrons. The Morgan fingerprint density at radius 2 is 1.91 bits per heavy atom. The number of hydrogen-bond donors (Lipinski definition) is 4. The third kappa shape index (κ3) is 7.40. The molecule has 1 aliphatic rings. The van der Waals surface area contributed by atoms with E-state index in [0.717, 1.165) is 51.7 Å². The van der Waals surface area contributed by atoms with E-state index in [2.05, 4.69) is 25.5 Å². The third-order valence-corrected chi connectivity index (χ3v) is 5.57. The first-order valence-corrected chi connectivity index (χ1v) is 11.3. The van der Waals surface area contributed by atoms with E-state index in [1.165, 1.54) is 6.20 Å². The average molecular weight is 443 g/mol. The first kappa shape index (κ1) is 23.8. The first-order valence-electron chi connectivity index (χ1n) is 11.3. The van der Waals surface area contributed by atoms with E-state index in [0.29, 0.717) is 42.9 Å². The van der Waals surface area contributed by atoms with E-state index < -0.39 is 0 Å². The summed E-state index contributed by atoms with van der Waals surface area (Å²) >= 11 is 0. The number of likely N-dealkylation sites (tertiary alicyclic amines) is 1. The van der Waals surface area contributed by atoms with Crippen LogP contribution in [0.2, 0.25) is 0 Å². The SMILES string of the molecule is NCCCNC(=O)c1ccnc(Nc2ccn(CCCCN3CCC(N)CC3)c(=O)n2)c1. The number of unbranched alkanes of at least 4 members (excludes halogenated alkanes) is 1. The van der Waals surface area contributed by atoms with Crippen LogP contribution < -0.4 is 27.8 Å². The Morgan fingerprint density at radius 3 is 2.66 bits per heavy atom. The monoisotopic (exact) mass is 442 g/mol. The van der Waals surface area contributed by atoms with Crippen molar-refractivity contribution in [2.45, 2.75) is 44.7 Å². The van der Waals surface area contributed by atoms with Crippen LogP contribution in [-0.2, 0) is 6.54 Å². The van der Waals surface area contributed by atoms with Crippen molar-refractivity contribution >= 4 is 17.5 Å². The minimum absolute atomic E-state index is 0.195. The molecule has 0 bridgehead atoms. The molecule has 0 aromatic carbocycles. The third-order valence-electron chi connectivity index (χ3n) is 5.57. The standard InChI is InChI=1S/C22H34N8O2/c23-8-3-9-26-21(31)17-4-10-25-20(16-17)27-19-7-15-30(22(32)28-19)12-2-1-11-29-13-5-18(24)6-14-29/h4,7,10,15-16,18H,1-3,5-6,8-9,11-14,23-24H2,(H,26,31)(H,25,27,28,32). The van der Waals surface area contributed by atoms with E-state index in [4.69, 9.17) is 11.5 Å². The Labute approximate surface area is 188 Å². The number of carbonyl (C=O) groups excluding carboxylic acids is 1. The smallest absolute Gasteiger partial charge is 0.349 e. The van der Waals surface area contributed by atoms with Gasteiger partial charge in [0, 0.05) is 37.1 Å². The highest BCUT2D eigenvalue weighted by molar-refractivity contribution is 5.94. The molecule has 3 heterocycles. The zero-order valence-electron chi connectivity index (χ0n) is 18.5. The van der Waals surface area contributed by atoms with E-state index in [9.17, 15) is 9.59 Å². The summed E-state index contributed by atoms with van der Waals surface area (Å²) in [5, 5.41) is 5.80. The number of pyridine rings is 1. The predicted octanol–water partition coefficient (Wildman–Crippen LogP) is 0.664. The lowest BCUT2D eigenvalue weighted by molar-refractivity contribution is 0.0953. The number of nitrogens with zero attached hydrogens (tertiary/aromatic N) is 4. The fraction of sp³-hybridized carbons (Fsp3) is 0.545. The summed E-state index contributed by atoms with van der Waals surface area (Å²) in [6, 6.07) is 5.34. The molecule has 2 aromatic heterocycles. The largest absolute Gasteiger partial charge is 0.352 e. The van der Waals surface area contributed by atoms with Gasteiger partial charge in [-0.15, -0.1) is 0 Å². The van der Waals surface area contributed by atoms with Crippen LogP contribution in [-0.4, -0.2) is 64.1 Å². The minimum atomic E-state index is -0.311. The number of rotatable bonds is 11. The Bertz CT molecular complexity index is 924. The molecule has 1 amide bonds. The minimum Gasteiger partial charge on any atom is -0.352 e. The van der Waals surface area contributed by atoms with Gasteiger partial charge in [0.2, 0.25) is 0 Å². The number of piperidine rings is 1. The van der Waals surface area contributed by atoms with Crippen LogP contribution in [0.3, 0.4) is 0 Å². The van der Waals surface area contributed by atoms with Gasteiger partial charge >= 0.3 is 5.69 Å². The van der Waals surface area contributed by atoms with Crippen molar-refractivity contribution in [2.75, 3.05) is 38.0 Å².